The van der Waals surface area contributed by atoms with E-state index < -0.39 is 24.5 Å². The number of benzene rings is 1. The van der Waals surface area contributed by atoms with Crippen LogP contribution in [-0.4, -0.2) is 46.3 Å². The number of alkyl halides is 3. The van der Waals surface area contributed by atoms with E-state index in [1.807, 2.05) is 0 Å². The summed E-state index contributed by atoms with van der Waals surface area (Å²) in [5, 5.41) is 6.93. The molecule has 178 valence electrons. The summed E-state index contributed by atoms with van der Waals surface area (Å²) in [6.07, 6.45) is -4.99. The van der Waals surface area contributed by atoms with E-state index in [1.165, 1.54) is 51.9 Å². The summed E-state index contributed by atoms with van der Waals surface area (Å²) in [6.45, 7) is 4.17. The van der Waals surface area contributed by atoms with Gasteiger partial charge in [-0.25, -0.2) is 9.78 Å². The average molecular weight is 502 g/mol. The van der Waals surface area contributed by atoms with Gasteiger partial charge in [0.25, 0.3) is 5.56 Å². The molecule has 0 unspecified atom stereocenters. The molecule has 33 heavy (non-hydrogen) atoms. The molecule has 2 heterocycles. The summed E-state index contributed by atoms with van der Waals surface area (Å²) in [4.78, 5) is 29.5. The van der Waals surface area contributed by atoms with Gasteiger partial charge >= 0.3 is 12.3 Å². The normalized spacial score (nSPS) is 12.1. The molecule has 0 saturated heterocycles. The van der Waals surface area contributed by atoms with E-state index in [9.17, 15) is 22.8 Å². The topological polar surface area (TPSA) is 82.5 Å². The van der Waals surface area contributed by atoms with E-state index in [4.69, 9.17) is 9.47 Å². The molecule has 0 radical (unpaired) electrons. The molecular weight excluding hydrogens is 479 g/mol. The highest BCUT2D eigenvalue weighted by Gasteiger charge is 2.28. The average Bonchev–Trinajstić information content (AvgIpc) is 3.17. The minimum atomic E-state index is -4.44. The number of hydrogen-bond acceptors (Lipinski definition) is 7. The molecule has 0 fully saturated rings. The zero-order valence-electron chi connectivity index (χ0n) is 18.1. The molecule has 0 aliphatic heterocycles. The van der Waals surface area contributed by atoms with Gasteiger partial charge in [-0.05, 0) is 45.0 Å². The van der Waals surface area contributed by atoms with Gasteiger partial charge in [-0.3, -0.25) is 9.36 Å². The fourth-order valence-electron chi connectivity index (χ4n) is 2.69. The number of amides is 1. The molecule has 12 heteroatoms. The maximum atomic E-state index is 13.1. The van der Waals surface area contributed by atoms with Crippen LogP contribution in [0.4, 0.5) is 18.0 Å². The number of carbonyl (C=O) groups excluding carboxylic acids is 1. The second-order valence-electron chi connectivity index (χ2n) is 7.88. The summed E-state index contributed by atoms with van der Waals surface area (Å²) in [5.41, 5.74) is 0.0727. The fourth-order valence-corrected chi connectivity index (χ4v) is 4.29. The second kappa shape index (κ2) is 10.0. The number of thiophene rings is 1. The highest BCUT2D eigenvalue weighted by Crippen LogP contribution is 2.25. The lowest BCUT2D eigenvalue weighted by molar-refractivity contribution is -0.153. The molecule has 3 aromatic rings. The van der Waals surface area contributed by atoms with Crippen LogP contribution in [0.2, 0.25) is 0 Å². The first kappa shape index (κ1) is 24.9. The Morgan fingerprint density at radius 1 is 1.18 bits per heavy atom. The quantitative estimate of drug-likeness (QED) is 0.279. The smallest absolute Gasteiger partial charge is 0.422 e. The Morgan fingerprint density at radius 3 is 2.52 bits per heavy atom. The van der Waals surface area contributed by atoms with Crippen molar-refractivity contribution in [1.82, 2.24) is 14.9 Å². The van der Waals surface area contributed by atoms with Crippen LogP contribution >= 0.6 is 23.1 Å². The molecule has 0 saturated carbocycles. The van der Waals surface area contributed by atoms with Crippen LogP contribution in [0, 0.1) is 0 Å². The molecule has 0 spiro atoms. The monoisotopic (exact) mass is 501 g/mol. The highest BCUT2D eigenvalue weighted by atomic mass is 32.2. The Morgan fingerprint density at radius 2 is 1.88 bits per heavy atom. The third-order valence-electron chi connectivity index (χ3n) is 3.98. The molecule has 0 aliphatic rings. The molecule has 0 aliphatic carbocycles. The zero-order valence-corrected chi connectivity index (χ0v) is 19.7. The number of rotatable bonds is 7. The van der Waals surface area contributed by atoms with Gasteiger partial charge in [0.05, 0.1) is 16.6 Å². The largest absolute Gasteiger partial charge is 0.484 e. The lowest BCUT2D eigenvalue weighted by Crippen LogP contribution is -2.33. The molecule has 2 aromatic heterocycles. The van der Waals surface area contributed by atoms with Crippen molar-refractivity contribution in [3.8, 4) is 11.4 Å². The first-order chi connectivity index (χ1) is 15.4. The lowest BCUT2D eigenvalue weighted by atomic mass is 10.2. The Balaban J connectivity index is 1.78. The molecule has 1 aromatic carbocycles. The second-order valence-corrected chi connectivity index (χ2v) is 9.69. The molecule has 1 N–H and O–H groups in total. The van der Waals surface area contributed by atoms with Crippen LogP contribution in [0.3, 0.4) is 0 Å². The molecule has 7 nitrogen and oxygen atoms in total. The third-order valence-corrected chi connectivity index (χ3v) is 5.65. The van der Waals surface area contributed by atoms with Crippen LogP contribution in [0.15, 0.2) is 45.0 Å². The minimum Gasteiger partial charge on any atom is -0.484 e. The molecule has 3 rings (SSSR count). The highest BCUT2D eigenvalue weighted by molar-refractivity contribution is 7.99. The van der Waals surface area contributed by atoms with Crippen LogP contribution in [0.1, 0.15) is 20.8 Å². The summed E-state index contributed by atoms with van der Waals surface area (Å²) in [6, 6.07) is 5.72. The Hall–Kier alpha value is -2.73. The maximum Gasteiger partial charge on any atom is 0.422 e. The van der Waals surface area contributed by atoms with Crippen LogP contribution < -0.4 is 15.6 Å². The Bertz CT molecular complexity index is 1170. The number of thioether (sulfide) groups is 1. The van der Waals surface area contributed by atoms with Crippen molar-refractivity contribution >= 4 is 40.1 Å². The lowest BCUT2D eigenvalue weighted by Gasteiger charge is -2.19. The van der Waals surface area contributed by atoms with Gasteiger partial charge in [0.1, 0.15) is 11.4 Å². The third kappa shape index (κ3) is 7.13. The van der Waals surface area contributed by atoms with Gasteiger partial charge in [0.2, 0.25) is 0 Å². The van der Waals surface area contributed by atoms with Crippen molar-refractivity contribution in [2.24, 2.45) is 0 Å². The fraction of sp³-hybridized carbons (Fsp3) is 0.381. The molecule has 1 amide bonds. The van der Waals surface area contributed by atoms with E-state index in [0.717, 1.165) is 0 Å². The van der Waals surface area contributed by atoms with Gasteiger partial charge in [0, 0.05) is 23.1 Å². The van der Waals surface area contributed by atoms with E-state index in [-0.39, 0.29) is 17.9 Å². The van der Waals surface area contributed by atoms with E-state index in [0.29, 0.717) is 27.5 Å². The van der Waals surface area contributed by atoms with Gasteiger partial charge < -0.3 is 14.8 Å². The molecule has 0 atom stereocenters. The summed E-state index contributed by atoms with van der Waals surface area (Å²) < 4.78 is 48.4. The number of carbonyl (C=O) groups is 1. The number of ether oxygens (including phenoxy) is 2. The standard InChI is InChI=1S/C21H22F3N3O4S2/c1-20(2,3)31-19(29)25-8-9-33-18-26-16-11-32-10-15(16)17(28)27(18)13-4-6-14(7-5-13)30-12-21(22,23)24/h4-7,10-11H,8-9,12H2,1-3H3,(H,25,29). The predicted octanol–water partition coefficient (Wildman–Crippen LogP) is 5.01. The predicted molar refractivity (Wildman–Crippen MR) is 122 cm³/mol. The Kier molecular flexibility index (Phi) is 7.58. The van der Waals surface area contributed by atoms with Crippen molar-refractivity contribution in [3.63, 3.8) is 0 Å². The van der Waals surface area contributed by atoms with Crippen LogP contribution in [0.5, 0.6) is 5.75 Å². The number of aromatic nitrogens is 2. The first-order valence-corrected chi connectivity index (χ1v) is 11.7. The maximum absolute atomic E-state index is 13.1. The molecule has 0 bridgehead atoms. The van der Waals surface area contributed by atoms with E-state index >= 15 is 0 Å². The summed E-state index contributed by atoms with van der Waals surface area (Å²) in [7, 11) is 0. The number of nitrogens with one attached hydrogen (secondary N) is 1. The number of halogens is 3. The van der Waals surface area contributed by atoms with Gasteiger partial charge in [-0.15, -0.1) is 11.3 Å². The molecular formula is C21H22F3N3O4S2. The van der Waals surface area contributed by atoms with E-state index in [1.54, 1.807) is 31.5 Å². The number of hydrogen-bond donors (Lipinski definition) is 1. The summed E-state index contributed by atoms with van der Waals surface area (Å²) in [5.74, 6) is 0.443. The number of fused-ring (bicyclic) bond motifs is 1. The SMILES string of the molecule is CC(C)(C)OC(=O)NCCSc1nc2cscc2c(=O)n1-c1ccc(OCC(F)(F)F)cc1. The number of nitrogens with zero attached hydrogens (tertiary/aromatic N) is 2. The van der Waals surface area contributed by atoms with E-state index in [2.05, 4.69) is 10.3 Å². The van der Waals surface area contributed by atoms with Gasteiger partial charge in [-0.2, -0.15) is 13.2 Å². The van der Waals surface area contributed by atoms with Gasteiger partial charge in [0.15, 0.2) is 11.8 Å². The van der Waals surface area contributed by atoms with Gasteiger partial charge in [-0.1, -0.05) is 11.8 Å². The van der Waals surface area contributed by atoms with Crippen LogP contribution in [0.25, 0.3) is 16.6 Å². The van der Waals surface area contributed by atoms with Crippen molar-refractivity contribution < 1.29 is 27.4 Å². The zero-order chi connectivity index (χ0) is 24.2. The Labute approximate surface area is 195 Å². The summed E-state index contributed by atoms with van der Waals surface area (Å²) >= 11 is 2.60. The van der Waals surface area contributed by atoms with Crippen molar-refractivity contribution in [2.45, 2.75) is 37.7 Å². The number of alkyl carbamates (subject to hydrolysis) is 1. The first-order valence-electron chi connectivity index (χ1n) is 9.81. The van der Waals surface area contributed by atoms with Crippen molar-refractivity contribution in [2.75, 3.05) is 18.9 Å². The minimum absolute atomic E-state index is 0.0319. The van der Waals surface area contributed by atoms with Crippen molar-refractivity contribution in [1.29, 1.82) is 0 Å². The van der Waals surface area contributed by atoms with Crippen molar-refractivity contribution in [3.05, 3.63) is 45.4 Å². The van der Waals surface area contributed by atoms with Crippen LogP contribution in [-0.2, 0) is 4.74 Å².